The van der Waals surface area contributed by atoms with Gasteiger partial charge in [0.1, 0.15) is 5.75 Å². The molecule has 0 aromatic heterocycles. The molecule has 9 heteroatoms. The molecule has 2 aliphatic rings. The van der Waals surface area contributed by atoms with Crippen LogP contribution >= 0.6 is 0 Å². The zero-order chi connectivity index (χ0) is 26.0. The van der Waals surface area contributed by atoms with Crippen LogP contribution < -0.4 is 33.7 Å². The lowest BCUT2D eigenvalue weighted by Gasteiger charge is -2.35. The first-order chi connectivity index (χ1) is 17.4. The number of allylic oxidation sites excluding steroid dienone is 2. The van der Waals surface area contributed by atoms with Gasteiger partial charge in [-0.05, 0) is 36.1 Å². The van der Waals surface area contributed by atoms with E-state index in [0.717, 1.165) is 5.56 Å². The van der Waals surface area contributed by atoms with Crippen molar-refractivity contribution in [3.63, 3.8) is 0 Å². The van der Waals surface area contributed by atoms with Crippen LogP contribution in [-0.4, -0.2) is 54.3 Å². The summed E-state index contributed by atoms with van der Waals surface area (Å²) in [6, 6.07) is 7.20. The summed E-state index contributed by atoms with van der Waals surface area (Å²) >= 11 is 0. The first kappa shape index (κ1) is 25.2. The number of benzene rings is 2. The van der Waals surface area contributed by atoms with Crippen molar-refractivity contribution in [3.8, 4) is 34.5 Å². The van der Waals surface area contributed by atoms with Gasteiger partial charge in [0.2, 0.25) is 11.7 Å². The second kappa shape index (κ2) is 10.4. The molecular weight excluding hydrogens is 466 g/mol. The van der Waals surface area contributed by atoms with Crippen LogP contribution in [0.4, 0.5) is 0 Å². The molecule has 36 heavy (non-hydrogen) atoms. The standard InChI is InChI=1S/C27H31NO8/c1-31-20-13-22(33-3)21(32-2)11-16(20)17-12-25(30)28-18-7-14(8-19(29)26(17)18)15-9-23(34-4)27(36-6)24(10-15)35-5/h9-11,13-14,17H,7-8,12H2,1-6H3,(H,28,30). The summed E-state index contributed by atoms with van der Waals surface area (Å²) < 4.78 is 32.9. The van der Waals surface area contributed by atoms with Crippen LogP contribution in [0, 0.1) is 0 Å². The molecule has 1 aliphatic heterocycles. The van der Waals surface area contributed by atoms with E-state index in [9.17, 15) is 9.59 Å². The monoisotopic (exact) mass is 497 g/mol. The first-order valence-electron chi connectivity index (χ1n) is 11.5. The predicted molar refractivity (Wildman–Crippen MR) is 132 cm³/mol. The molecule has 2 aromatic carbocycles. The van der Waals surface area contributed by atoms with Crippen LogP contribution in [0.3, 0.4) is 0 Å². The van der Waals surface area contributed by atoms with E-state index >= 15 is 0 Å². The summed E-state index contributed by atoms with van der Waals surface area (Å²) in [4.78, 5) is 26.4. The number of amides is 1. The molecule has 4 rings (SSSR count). The minimum Gasteiger partial charge on any atom is -0.496 e. The van der Waals surface area contributed by atoms with Gasteiger partial charge in [-0.2, -0.15) is 0 Å². The second-order valence-electron chi connectivity index (χ2n) is 8.63. The number of rotatable bonds is 8. The summed E-state index contributed by atoms with van der Waals surface area (Å²) in [5, 5.41) is 2.95. The van der Waals surface area contributed by atoms with Gasteiger partial charge in [-0.25, -0.2) is 0 Å². The minimum atomic E-state index is -0.461. The normalized spacial score (nSPS) is 19.3. The topological polar surface area (TPSA) is 102 Å². The third-order valence-electron chi connectivity index (χ3n) is 6.81. The Kier molecular flexibility index (Phi) is 7.28. The molecule has 0 saturated heterocycles. The predicted octanol–water partition coefficient (Wildman–Crippen LogP) is 3.74. The SMILES string of the molecule is COc1cc(OC)c(C2CC(=O)NC3=C2C(=O)CC(c2cc(OC)c(OC)c(OC)c2)C3)cc1OC. The van der Waals surface area contributed by atoms with Gasteiger partial charge in [-0.15, -0.1) is 0 Å². The molecule has 0 bridgehead atoms. The minimum absolute atomic E-state index is 0.0307. The van der Waals surface area contributed by atoms with Crippen molar-refractivity contribution in [1.29, 1.82) is 0 Å². The number of hydrogen-bond donors (Lipinski definition) is 1. The molecule has 2 unspecified atom stereocenters. The number of hydrogen-bond acceptors (Lipinski definition) is 8. The van der Waals surface area contributed by atoms with Gasteiger partial charge in [-0.3, -0.25) is 9.59 Å². The second-order valence-corrected chi connectivity index (χ2v) is 8.63. The fourth-order valence-corrected chi connectivity index (χ4v) is 5.12. The number of carbonyl (C=O) groups is 2. The Morgan fingerprint density at radius 1 is 0.667 bits per heavy atom. The summed E-state index contributed by atoms with van der Waals surface area (Å²) in [6.07, 6.45) is 0.891. The van der Waals surface area contributed by atoms with Gasteiger partial charge in [0, 0.05) is 41.7 Å². The molecule has 192 valence electrons. The van der Waals surface area contributed by atoms with Crippen molar-refractivity contribution in [2.24, 2.45) is 0 Å². The van der Waals surface area contributed by atoms with Crippen molar-refractivity contribution in [2.45, 2.75) is 31.1 Å². The average Bonchev–Trinajstić information content (AvgIpc) is 2.90. The smallest absolute Gasteiger partial charge is 0.225 e. The number of methoxy groups -OCH3 is 6. The van der Waals surface area contributed by atoms with Gasteiger partial charge in [0.25, 0.3) is 0 Å². The lowest BCUT2D eigenvalue weighted by atomic mass is 9.73. The fraction of sp³-hybridized carbons (Fsp3) is 0.407. The number of ether oxygens (including phenoxy) is 6. The molecule has 9 nitrogen and oxygen atoms in total. The van der Waals surface area contributed by atoms with Crippen LogP contribution in [0.15, 0.2) is 35.5 Å². The highest BCUT2D eigenvalue weighted by atomic mass is 16.5. The molecule has 0 spiro atoms. The van der Waals surface area contributed by atoms with E-state index in [4.69, 9.17) is 28.4 Å². The summed E-state index contributed by atoms with van der Waals surface area (Å²) in [6.45, 7) is 0. The van der Waals surface area contributed by atoms with Gasteiger partial charge < -0.3 is 33.7 Å². The van der Waals surface area contributed by atoms with Gasteiger partial charge in [-0.1, -0.05) is 0 Å². The average molecular weight is 498 g/mol. The van der Waals surface area contributed by atoms with E-state index in [0.29, 0.717) is 57.8 Å². The maximum atomic E-state index is 13.6. The molecule has 2 atom stereocenters. The highest BCUT2D eigenvalue weighted by molar-refractivity contribution is 6.02. The van der Waals surface area contributed by atoms with Crippen LogP contribution in [0.1, 0.15) is 42.2 Å². The quantitative estimate of drug-likeness (QED) is 0.589. The zero-order valence-corrected chi connectivity index (χ0v) is 21.4. The Morgan fingerprint density at radius 2 is 1.25 bits per heavy atom. The van der Waals surface area contributed by atoms with Crippen molar-refractivity contribution in [3.05, 3.63) is 46.7 Å². The lowest BCUT2D eigenvalue weighted by molar-refractivity contribution is -0.122. The van der Waals surface area contributed by atoms with E-state index in [1.807, 2.05) is 12.1 Å². The van der Waals surface area contributed by atoms with Crippen molar-refractivity contribution < 1.29 is 38.0 Å². The van der Waals surface area contributed by atoms with Crippen molar-refractivity contribution in [1.82, 2.24) is 5.32 Å². The summed E-state index contributed by atoms with van der Waals surface area (Å²) in [5.74, 6) is 2.22. The Labute approximate surface area is 210 Å². The molecular formula is C27H31NO8. The third-order valence-corrected chi connectivity index (χ3v) is 6.81. The van der Waals surface area contributed by atoms with E-state index in [1.54, 1.807) is 54.8 Å². The zero-order valence-electron chi connectivity index (χ0n) is 21.4. The van der Waals surface area contributed by atoms with Crippen molar-refractivity contribution >= 4 is 11.7 Å². The Bertz CT molecular complexity index is 1190. The molecule has 1 N–H and O–H groups in total. The van der Waals surface area contributed by atoms with Crippen LogP contribution in [0.25, 0.3) is 0 Å². The van der Waals surface area contributed by atoms with Crippen LogP contribution in [0.2, 0.25) is 0 Å². The van der Waals surface area contributed by atoms with E-state index in [-0.39, 0.29) is 30.4 Å². The maximum absolute atomic E-state index is 13.6. The highest BCUT2D eigenvalue weighted by Gasteiger charge is 2.40. The fourth-order valence-electron chi connectivity index (χ4n) is 5.12. The van der Waals surface area contributed by atoms with E-state index in [1.165, 1.54) is 0 Å². The van der Waals surface area contributed by atoms with Gasteiger partial charge >= 0.3 is 0 Å². The van der Waals surface area contributed by atoms with Gasteiger partial charge in [0.15, 0.2) is 28.8 Å². The Morgan fingerprint density at radius 3 is 1.81 bits per heavy atom. The van der Waals surface area contributed by atoms with E-state index < -0.39 is 5.92 Å². The summed E-state index contributed by atoms with van der Waals surface area (Å²) in [5.41, 5.74) is 2.80. The Hall–Kier alpha value is -3.88. The number of Topliss-reactive ketones (excluding diaryl/α,β-unsaturated/α-hetero) is 1. The number of ketones is 1. The molecule has 0 saturated carbocycles. The van der Waals surface area contributed by atoms with Crippen LogP contribution in [-0.2, 0) is 9.59 Å². The Balaban J connectivity index is 1.77. The third kappa shape index (κ3) is 4.41. The highest BCUT2D eigenvalue weighted by Crippen LogP contribution is 2.48. The largest absolute Gasteiger partial charge is 0.496 e. The molecule has 1 heterocycles. The van der Waals surface area contributed by atoms with Gasteiger partial charge in [0.05, 0.1) is 42.7 Å². The summed E-state index contributed by atoms with van der Waals surface area (Å²) in [7, 11) is 9.28. The first-order valence-corrected chi connectivity index (χ1v) is 11.5. The number of carbonyl (C=O) groups excluding carboxylic acids is 2. The molecule has 2 aromatic rings. The molecule has 0 radical (unpaired) electrons. The number of nitrogens with one attached hydrogen (secondary N) is 1. The lowest BCUT2D eigenvalue weighted by Crippen LogP contribution is -2.38. The molecule has 1 aliphatic carbocycles. The molecule has 0 fully saturated rings. The van der Waals surface area contributed by atoms with E-state index in [2.05, 4.69) is 5.32 Å². The van der Waals surface area contributed by atoms with Crippen molar-refractivity contribution in [2.75, 3.05) is 42.7 Å². The molecule has 1 amide bonds. The van der Waals surface area contributed by atoms with Crippen LogP contribution in [0.5, 0.6) is 34.5 Å². The maximum Gasteiger partial charge on any atom is 0.225 e.